The number of nitrogens with zero attached hydrogens (tertiary/aromatic N) is 3. The van der Waals surface area contributed by atoms with Crippen molar-refractivity contribution in [1.29, 1.82) is 0 Å². The Bertz CT molecular complexity index is 1270. The molecule has 0 aliphatic carbocycles. The van der Waals surface area contributed by atoms with Crippen LogP contribution in [0.15, 0.2) is 53.4 Å². The summed E-state index contributed by atoms with van der Waals surface area (Å²) in [5.74, 6) is -0.819. The van der Waals surface area contributed by atoms with Crippen molar-refractivity contribution in [2.24, 2.45) is 0 Å². The maximum Gasteiger partial charge on any atom is 0.254 e. The number of aromatic nitrogens is 1. The lowest BCUT2D eigenvalue weighted by molar-refractivity contribution is 0.0829. The van der Waals surface area contributed by atoms with Gasteiger partial charge >= 0.3 is 0 Å². The number of carbonyl (C=O) groups excluding carboxylic acids is 1. The molecular formula is C23H24FN3O3S. The monoisotopic (exact) mass is 441 g/mol. The van der Waals surface area contributed by atoms with Gasteiger partial charge in [0.2, 0.25) is 10.0 Å². The number of fused-ring (bicyclic) bond motifs is 1. The molecule has 1 aliphatic rings. The molecule has 0 spiro atoms. The Kier molecular flexibility index (Phi) is 5.53. The van der Waals surface area contributed by atoms with E-state index in [-0.39, 0.29) is 23.3 Å². The van der Waals surface area contributed by atoms with Gasteiger partial charge < -0.3 is 4.90 Å². The number of rotatable bonds is 4. The van der Waals surface area contributed by atoms with Crippen molar-refractivity contribution in [2.75, 3.05) is 27.2 Å². The lowest BCUT2D eigenvalue weighted by Crippen LogP contribution is -2.29. The number of hydrogen-bond acceptors (Lipinski definition) is 4. The quantitative estimate of drug-likeness (QED) is 0.621. The van der Waals surface area contributed by atoms with E-state index in [9.17, 15) is 17.6 Å². The van der Waals surface area contributed by atoms with Crippen molar-refractivity contribution >= 4 is 26.8 Å². The molecule has 0 saturated carbocycles. The molecule has 0 bridgehead atoms. The van der Waals surface area contributed by atoms with Crippen molar-refractivity contribution in [1.82, 2.24) is 14.2 Å². The summed E-state index contributed by atoms with van der Waals surface area (Å²) in [5, 5.41) is 0.766. The summed E-state index contributed by atoms with van der Waals surface area (Å²) in [6.07, 6.45) is 0.578. The summed E-state index contributed by atoms with van der Waals surface area (Å²) in [7, 11) is -0.418. The van der Waals surface area contributed by atoms with Crippen LogP contribution in [0.3, 0.4) is 0 Å². The average Bonchev–Trinajstić information content (AvgIpc) is 3.25. The number of hydrogen-bond donors (Lipinski definition) is 0. The summed E-state index contributed by atoms with van der Waals surface area (Å²) in [4.78, 5) is 18.9. The van der Waals surface area contributed by atoms with Gasteiger partial charge in [-0.15, -0.1) is 0 Å². The van der Waals surface area contributed by atoms with Gasteiger partial charge in [0.25, 0.3) is 5.91 Å². The van der Waals surface area contributed by atoms with E-state index in [1.165, 1.54) is 21.3 Å². The number of para-hydroxylation sites is 1. The number of halogens is 1. The molecule has 1 atom stereocenters. The fourth-order valence-electron chi connectivity index (χ4n) is 3.89. The third-order valence-corrected chi connectivity index (χ3v) is 7.58. The fraction of sp³-hybridized carbons (Fsp3) is 0.304. The van der Waals surface area contributed by atoms with Crippen molar-refractivity contribution in [2.45, 2.75) is 24.2 Å². The third-order valence-electron chi connectivity index (χ3n) is 5.72. The lowest BCUT2D eigenvalue weighted by Gasteiger charge is -2.18. The molecule has 1 fully saturated rings. The van der Waals surface area contributed by atoms with Crippen LogP contribution < -0.4 is 0 Å². The summed E-state index contributed by atoms with van der Waals surface area (Å²) >= 11 is 0. The van der Waals surface area contributed by atoms with Gasteiger partial charge in [-0.3, -0.25) is 9.78 Å². The Balaban J connectivity index is 1.67. The first kappa shape index (κ1) is 21.4. The zero-order valence-corrected chi connectivity index (χ0v) is 18.5. The highest BCUT2D eigenvalue weighted by atomic mass is 32.2. The molecule has 4 rings (SSSR count). The van der Waals surface area contributed by atoms with E-state index in [1.807, 2.05) is 24.3 Å². The van der Waals surface area contributed by atoms with Crippen molar-refractivity contribution in [3.05, 3.63) is 71.2 Å². The van der Waals surface area contributed by atoms with Gasteiger partial charge in [0.15, 0.2) is 0 Å². The fourth-order valence-corrected chi connectivity index (χ4v) is 5.41. The van der Waals surface area contributed by atoms with E-state index in [4.69, 9.17) is 4.98 Å². The van der Waals surface area contributed by atoms with Crippen LogP contribution >= 0.6 is 0 Å². The van der Waals surface area contributed by atoms with E-state index >= 15 is 0 Å². The van der Waals surface area contributed by atoms with Crippen LogP contribution in [0.4, 0.5) is 4.39 Å². The smallest absolute Gasteiger partial charge is 0.254 e. The first-order valence-electron chi connectivity index (χ1n) is 10.1. The van der Waals surface area contributed by atoms with Crippen LogP contribution in [0.25, 0.3) is 10.9 Å². The second kappa shape index (κ2) is 8.01. The number of pyridine rings is 1. The van der Waals surface area contributed by atoms with Gasteiger partial charge in [0, 0.05) is 44.2 Å². The first-order chi connectivity index (χ1) is 14.7. The molecule has 0 radical (unpaired) electrons. The normalized spacial score (nSPS) is 17.2. The van der Waals surface area contributed by atoms with Crippen LogP contribution in [0, 0.1) is 12.7 Å². The summed E-state index contributed by atoms with van der Waals surface area (Å²) in [6.45, 7) is 2.14. The van der Waals surface area contributed by atoms with Gasteiger partial charge in [0.05, 0.1) is 16.0 Å². The number of aryl methyl sites for hydroxylation is 1. The lowest BCUT2D eigenvalue weighted by atomic mass is 9.99. The molecule has 1 aliphatic heterocycles. The molecule has 8 heteroatoms. The Morgan fingerprint density at radius 1 is 1.16 bits per heavy atom. The maximum absolute atomic E-state index is 13.9. The SMILES string of the molecule is Cc1ccc(S(=O)(=O)N2CC[C@@H](c3cc(C(=O)N(C)C)c4ccccc4n3)C2)cc1F. The summed E-state index contributed by atoms with van der Waals surface area (Å²) < 4.78 is 41.4. The van der Waals surface area contributed by atoms with E-state index in [0.29, 0.717) is 35.3 Å². The molecule has 0 N–H and O–H groups in total. The number of benzene rings is 2. The van der Waals surface area contributed by atoms with E-state index in [1.54, 1.807) is 27.1 Å². The van der Waals surface area contributed by atoms with E-state index < -0.39 is 15.8 Å². The highest BCUT2D eigenvalue weighted by Gasteiger charge is 2.34. The molecule has 31 heavy (non-hydrogen) atoms. The zero-order valence-electron chi connectivity index (χ0n) is 17.7. The van der Waals surface area contributed by atoms with Crippen LogP contribution in [0.5, 0.6) is 0 Å². The molecule has 0 unspecified atom stereocenters. The molecule has 1 amide bonds. The molecule has 6 nitrogen and oxygen atoms in total. The molecular weight excluding hydrogens is 417 g/mol. The highest BCUT2D eigenvalue weighted by Crippen LogP contribution is 2.32. The largest absolute Gasteiger partial charge is 0.345 e. The number of carbonyl (C=O) groups is 1. The standard InChI is InChI=1S/C23H24FN3O3S/c1-15-8-9-17(12-20(15)24)31(29,30)27-11-10-16(14-27)22-13-19(23(28)26(2)3)18-6-4-5-7-21(18)25-22/h4-9,12-13,16H,10-11,14H2,1-3H3/t16-/m1/s1. The van der Waals surface area contributed by atoms with Crippen LogP contribution in [0.1, 0.15) is 34.0 Å². The van der Waals surface area contributed by atoms with Crippen molar-refractivity contribution in [3.63, 3.8) is 0 Å². The van der Waals surface area contributed by atoms with E-state index in [2.05, 4.69) is 0 Å². The molecule has 1 aromatic heterocycles. The number of amides is 1. The molecule has 2 aromatic carbocycles. The Morgan fingerprint density at radius 3 is 2.61 bits per heavy atom. The topological polar surface area (TPSA) is 70.6 Å². The van der Waals surface area contributed by atoms with Gasteiger partial charge in [0.1, 0.15) is 5.82 Å². The Labute approximate surface area is 181 Å². The van der Waals surface area contributed by atoms with Crippen LogP contribution in [-0.2, 0) is 10.0 Å². The predicted molar refractivity (Wildman–Crippen MR) is 117 cm³/mol. The van der Waals surface area contributed by atoms with Gasteiger partial charge in [-0.25, -0.2) is 12.8 Å². The van der Waals surface area contributed by atoms with Gasteiger partial charge in [-0.05, 0) is 43.2 Å². The molecule has 3 aromatic rings. The van der Waals surface area contributed by atoms with Crippen LogP contribution in [-0.4, -0.2) is 55.7 Å². The average molecular weight is 442 g/mol. The maximum atomic E-state index is 13.9. The minimum atomic E-state index is -3.81. The highest BCUT2D eigenvalue weighted by molar-refractivity contribution is 7.89. The van der Waals surface area contributed by atoms with Gasteiger partial charge in [-0.2, -0.15) is 4.31 Å². The summed E-state index contributed by atoms with van der Waals surface area (Å²) in [6, 6.07) is 13.2. The molecule has 2 heterocycles. The molecule has 162 valence electrons. The van der Waals surface area contributed by atoms with Crippen LogP contribution in [0.2, 0.25) is 0 Å². The second-order valence-corrected chi connectivity index (χ2v) is 10.0. The van der Waals surface area contributed by atoms with E-state index in [0.717, 1.165) is 11.5 Å². The minimum Gasteiger partial charge on any atom is -0.345 e. The summed E-state index contributed by atoms with van der Waals surface area (Å²) in [5.41, 5.74) is 2.34. The van der Waals surface area contributed by atoms with Crippen molar-refractivity contribution in [3.8, 4) is 0 Å². The van der Waals surface area contributed by atoms with Crippen molar-refractivity contribution < 1.29 is 17.6 Å². The zero-order chi connectivity index (χ0) is 22.3. The number of sulfonamides is 1. The van der Waals surface area contributed by atoms with Gasteiger partial charge in [-0.1, -0.05) is 24.3 Å². The Hall–Kier alpha value is -2.84. The third kappa shape index (κ3) is 3.93. The molecule has 1 saturated heterocycles. The Morgan fingerprint density at radius 2 is 1.90 bits per heavy atom. The second-order valence-electron chi connectivity index (χ2n) is 8.07. The first-order valence-corrected chi connectivity index (χ1v) is 11.5. The predicted octanol–water partition coefficient (Wildman–Crippen LogP) is 3.56. The minimum absolute atomic E-state index is 0.0498.